The molecule has 6 nitrogen and oxygen atoms in total. The number of amides is 1. The van der Waals surface area contributed by atoms with Crippen molar-refractivity contribution in [2.75, 3.05) is 31.1 Å². The minimum Gasteiger partial charge on any atom is -0.353 e. The Bertz CT molecular complexity index is 1060. The highest BCUT2D eigenvalue weighted by atomic mass is 35.5. The van der Waals surface area contributed by atoms with Crippen molar-refractivity contribution in [3.05, 3.63) is 52.3 Å². The Kier molecular flexibility index (Phi) is 5.67. The van der Waals surface area contributed by atoms with Gasteiger partial charge in [-0.2, -0.15) is 0 Å². The zero-order chi connectivity index (χ0) is 20.5. The fraction of sp³-hybridized carbons (Fsp3) is 0.333. The maximum absolute atomic E-state index is 12.0. The van der Waals surface area contributed by atoms with Gasteiger partial charge in [0.2, 0.25) is 5.91 Å². The number of nitrogens with zero attached hydrogens (tertiary/aromatic N) is 4. The average molecular weight is 432 g/mol. The van der Waals surface area contributed by atoms with Crippen LogP contribution in [0.25, 0.3) is 16.8 Å². The van der Waals surface area contributed by atoms with E-state index >= 15 is 0 Å². The first-order valence-corrected chi connectivity index (χ1v) is 10.5. The van der Waals surface area contributed by atoms with E-state index < -0.39 is 0 Å². The Morgan fingerprint density at radius 3 is 2.55 bits per heavy atom. The van der Waals surface area contributed by atoms with Gasteiger partial charge < -0.3 is 15.5 Å². The third-order valence-electron chi connectivity index (χ3n) is 5.41. The summed E-state index contributed by atoms with van der Waals surface area (Å²) in [6.07, 6.45) is 4.46. The van der Waals surface area contributed by atoms with E-state index in [2.05, 4.69) is 14.3 Å². The number of benzene rings is 1. The molecule has 1 aliphatic rings. The molecular formula is C21H23Cl2N5O. The van der Waals surface area contributed by atoms with E-state index in [-0.39, 0.29) is 5.91 Å². The summed E-state index contributed by atoms with van der Waals surface area (Å²) >= 11 is 12.5. The molecule has 0 saturated carbocycles. The molecule has 8 heteroatoms. The van der Waals surface area contributed by atoms with Crippen LogP contribution in [0.3, 0.4) is 0 Å². The number of pyridine rings is 1. The van der Waals surface area contributed by atoms with Crippen LogP contribution < -0.4 is 10.6 Å². The standard InChI is InChI=1S/C21H23Cl2N5O/c1-2-21(29)27-7-5-26(6-8-27)20-12-25-19-9-14(11-24)17(13-28(19)20)16-4-3-15(22)10-18(16)23/h3-4,9-10,12-13H,2,5-8,11,24H2,1H3. The van der Waals surface area contributed by atoms with E-state index in [1.807, 2.05) is 42.4 Å². The first-order valence-electron chi connectivity index (χ1n) is 9.70. The first kappa shape index (κ1) is 20.0. The van der Waals surface area contributed by atoms with Gasteiger partial charge in [-0.05, 0) is 23.8 Å². The molecule has 29 heavy (non-hydrogen) atoms. The number of aromatic nitrogens is 2. The molecule has 0 bridgehead atoms. The van der Waals surface area contributed by atoms with E-state index in [1.165, 1.54) is 0 Å². The first-order chi connectivity index (χ1) is 14.0. The molecule has 4 rings (SSSR count). The molecule has 0 unspecified atom stereocenters. The Morgan fingerprint density at radius 1 is 1.14 bits per heavy atom. The number of fused-ring (bicyclic) bond motifs is 1. The molecule has 2 aromatic heterocycles. The quantitative estimate of drug-likeness (QED) is 0.681. The molecule has 1 aliphatic heterocycles. The van der Waals surface area contributed by atoms with E-state index in [9.17, 15) is 4.79 Å². The average Bonchev–Trinajstić information content (AvgIpc) is 3.15. The zero-order valence-corrected chi connectivity index (χ0v) is 17.7. The fourth-order valence-corrected chi connectivity index (χ4v) is 4.32. The molecule has 3 aromatic rings. The summed E-state index contributed by atoms with van der Waals surface area (Å²) in [6.45, 7) is 5.26. The number of nitrogens with two attached hydrogens (primary N) is 1. The second-order valence-electron chi connectivity index (χ2n) is 7.11. The molecule has 1 fully saturated rings. The van der Waals surface area contributed by atoms with Crippen molar-refractivity contribution in [3.63, 3.8) is 0 Å². The monoisotopic (exact) mass is 431 g/mol. The van der Waals surface area contributed by atoms with Gasteiger partial charge in [-0.25, -0.2) is 4.98 Å². The van der Waals surface area contributed by atoms with Crippen molar-refractivity contribution < 1.29 is 4.79 Å². The van der Waals surface area contributed by atoms with Crippen LogP contribution in [0.15, 0.2) is 36.7 Å². The van der Waals surface area contributed by atoms with Gasteiger partial charge in [0.15, 0.2) is 0 Å². The maximum atomic E-state index is 12.0. The van der Waals surface area contributed by atoms with Crippen molar-refractivity contribution in [3.8, 4) is 11.1 Å². The van der Waals surface area contributed by atoms with Crippen molar-refractivity contribution in [1.29, 1.82) is 0 Å². The lowest BCUT2D eigenvalue weighted by Gasteiger charge is -2.35. The molecule has 1 amide bonds. The van der Waals surface area contributed by atoms with Crippen LogP contribution in [-0.2, 0) is 11.3 Å². The van der Waals surface area contributed by atoms with Gasteiger partial charge in [0.1, 0.15) is 11.5 Å². The molecule has 0 radical (unpaired) electrons. The number of carbonyl (C=O) groups excluding carboxylic acids is 1. The summed E-state index contributed by atoms with van der Waals surface area (Å²) in [5.41, 5.74) is 9.66. The Morgan fingerprint density at radius 2 is 1.90 bits per heavy atom. The Balaban J connectivity index is 1.72. The number of imidazole rings is 1. The Labute approximate surface area is 179 Å². The van der Waals surface area contributed by atoms with E-state index in [0.717, 1.165) is 54.3 Å². The third-order valence-corrected chi connectivity index (χ3v) is 5.96. The van der Waals surface area contributed by atoms with Crippen LogP contribution in [0.1, 0.15) is 18.9 Å². The minimum atomic E-state index is 0.204. The molecule has 1 aromatic carbocycles. The van der Waals surface area contributed by atoms with Crippen molar-refractivity contribution in [1.82, 2.24) is 14.3 Å². The van der Waals surface area contributed by atoms with Gasteiger partial charge in [-0.1, -0.05) is 36.2 Å². The van der Waals surface area contributed by atoms with Crippen LogP contribution in [0.5, 0.6) is 0 Å². The van der Waals surface area contributed by atoms with Gasteiger partial charge in [-0.15, -0.1) is 0 Å². The Hall–Kier alpha value is -2.28. The van der Waals surface area contributed by atoms with Crippen LogP contribution in [-0.4, -0.2) is 46.4 Å². The second kappa shape index (κ2) is 8.22. The van der Waals surface area contributed by atoms with Gasteiger partial charge in [0.05, 0.1) is 6.20 Å². The van der Waals surface area contributed by atoms with Crippen molar-refractivity contribution >= 4 is 40.6 Å². The van der Waals surface area contributed by atoms with Gasteiger partial charge >= 0.3 is 0 Å². The molecule has 0 spiro atoms. The largest absolute Gasteiger partial charge is 0.353 e. The predicted octanol–water partition coefficient (Wildman–Crippen LogP) is 3.83. The lowest BCUT2D eigenvalue weighted by molar-refractivity contribution is -0.131. The number of hydrogen-bond donors (Lipinski definition) is 1. The van der Waals surface area contributed by atoms with E-state index in [1.54, 1.807) is 6.07 Å². The number of hydrogen-bond acceptors (Lipinski definition) is 4. The smallest absolute Gasteiger partial charge is 0.222 e. The lowest BCUT2D eigenvalue weighted by Crippen LogP contribution is -2.48. The SMILES string of the molecule is CCC(=O)N1CCN(c2cnc3cc(CN)c(-c4ccc(Cl)cc4Cl)cn23)CC1. The number of halogens is 2. The second-order valence-corrected chi connectivity index (χ2v) is 7.95. The molecule has 152 valence electrons. The number of anilines is 1. The number of rotatable bonds is 4. The molecule has 1 saturated heterocycles. The molecule has 2 N–H and O–H groups in total. The van der Waals surface area contributed by atoms with E-state index in [0.29, 0.717) is 23.0 Å². The normalized spacial score (nSPS) is 14.6. The highest BCUT2D eigenvalue weighted by molar-refractivity contribution is 6.36. The van der Waals surface area contributed by atoms with Crippen molar-refractivity contribution in [2.24, 2.45) is 5.73 Å². The van der Waals surface area contributed by atoms with Crippen LogP contribution in [0.4, 0.5) is 5.82 Å². The van der Waals surface area contributed by atoms with Gasteiger partial charge in [-0.3, -0.25) is 9.20 Å². The van der Waals surface area contributed by atoms with Gasteiger partial charge in [0, 0.05) is 66.5 Å². The summed E-state index contributed by atoms with van der Waals surface area (Å²) in [5, 5.41) is 1.18. The highest BCUT2D eigenvalue weighted by Gasteiger charge is 2.22. The zero-order valence-electron chi connectivity index (χ0n) is 16.2. The van der Waals surface area contributed by atoms with Gasteiger partial charge in [0.25, 0.3) is 0 Å². The molecule has 0 atom stereocenters. The maximum Gasteiger partial charge on any atom is 0.222 e. The summed E-state index contributed by atoms with van der Waals surface area (Å²) < 4.78 is 2.07. The van der Waals surface area contributed by atoms with E-state index in [4.69, 9.17) is 28.9 Å². The van der Waals surface area contributed by atoms with Crippen LogP contribution >= 0.6 is 23.2 Å². The summed E-state index contributed by atoms with van der Waals surface area (Å²) in [6, 6.07) is 7.48. The highest BCUT2D eigenvalue weighted by Crippen LogP contribution is 2.34. The number of piperazine rings is 1. The molecular weight excluding hydrogens is 409 g/mol. The van der Waals surface area contributed by atoms with Crippen LogP contribution in [0.2, 0.25) is 10.0 Å². The molecule has 3 heterocycles. The fourth-order valence-electron chi connectivity index (χ4n) is 3.81. The third kappa shape index (κ3) is 3.80. The topological polar surface area (TPSA) is 66.9 Å². The summed E-state index contributed by atoms with van der Waals surface area (Å²) in [7, 11) is 0. The molecule has 0 aliphatic carbocycles. The minimum absolute atomic E-state index is 0.204. The summed E-state index contributed by atoms with van der Waals surface area (Å²) in [4.78, 5) is 20.7. The predicted molar refractivity (Wildman–Crippen MR) is 118 cm³/mol. The van der Waals surface area contributed by atoms with Crippen molar-refractivity contribution in [2.45, 2.75) is 19.9 Å². The van der Waals surface area contributed by atoms with Crippen LogP contribution in [0, 0.1) is 0 Å². The lowest BCUT2D eigenvalue weighted by atomic mass is 10.0. The number of carbonyl (C=O) groups is 1. The summed E-state index contributed by atoms with van der Waals surface area (Å²) in [5.74, 6) is 1.20.